The van der Waals surface area contributed by atoms with E-state index in [1.807, 2.05) is 6.92 Å². The number of rotatable bonds is 7. The van der Waals surface area contributed by atoms with Gasteiger partial charge in [-0.3, -0.25) is 4.68 Å². The van der Waals surface area contributed by atoms with Crippen molar-refractivity contribution >= 4 is 10.0 Å². The minimum Gasteiger partial charge on any atom is -0.481 e. The van der Waals surface area contributed by atoms with Gasteiger partial charge in [0.25, 0.3) is 10.0 Å². The molecular formula is C16H22N4O4S. The van der Waals surface area contributed by atoms with Crippen LogP contribution in [0, 0.1) is 5.92 Å². The third kappa shape index (κ3) is 3.68. The van der Waals surface area contributed by atoms with Crippen LogP contribution in [0.1, 0.15) is 31.4 Å². The molecule has 9 heteroatoms. The highest BCUT2D eigenvalue weighted by molar-refractivity contribution is 7.89. The molecule has 2 N–H and O–H groups in total. The first-order valence-corrected chi connectivity index (χ1v) is 9.65. The first kappa shape index (κ1) is 17.8. The van der Waals surface area contributed by atoms with E-state index in [0.717, 1.165) is 5.56 Å². The minimum atomic E-state index is -3.75. The third-order valence-corrected chi connectivity index (χ3v) is 5.94. The molecule has 136 valence electrons. The van der Waals surface area contributed by atoms with Gasteiger partial charge in [-0.1, -0.05) is 6.07 Å². The lowest BCUT2D eigenvalue weighted by Crippen LogP contribution is -2.41. The van der Waals surface area contributed by atoms with Crippen LogP contribution in [0.3, 0.4) is 0 Å². The second-order valence-corrected chi connectivity index (χ2v) is 7.76. The maximum atomic E-state index is 12.8. The van der Waals surface area contributed by atoms with Crippen molar-refractivity contribution in [2.24, 2.45) is 5.92 Å². The number of nitrogens with one attached hydrogen (secondary N) is 1. The van der Waals surface area contributed by atoms with Crippen LogP contribution >= 0.6 is 0 Å². The molecule has 0 saturated heterocycles. The van der Waals surface area contributed by atoms with E-state index in [0.29, 0.717) is 25.3 Å². The zero-order valence-corrected chi connectivity index (χ0v) is 15.0. The molecule has 1 saturated carbocycles. The van der Waals surface area contributed by atoms with Crippen LogP contribution in [0.15, 0.2) is 35.6 Å². The summed E-state index contributed by atoms with van der Waals surface area (Å²) in [5.41, 5.74) is 0.740. The molecule has 0 bridgehead atoms. The Labute approximate surface area is 146 Å². The molecule has 0 aliphatic heterocycles. The number of ether oxygens (including phenoxy) is 1. The van der Waals surface area contributed by atoms with E-state index in [4.69, 9.17) is 4.74 Å². The fourth-order valence-corrected chi connectivity index (χ4v) is 4.53. The summed E-state index contributed by atoms with van der Waals surface area (Å²) >= 11 is 0. The number of nitrogens with zero attached hydrogens (tertiary/aromatic N) is 3. The number of aliphatic hydroxyl groups is 1. The van der Waals surface area contributed by atoms with Gasteiger partial charge < -0.3 is 9.84 Å². The Bertz CT molecular complexity index is 813. The van der Waals surface area contributed by atoms with E-state index in [1.54, 1.807) is 18.3 Å². The Kier molecular flexibility index (Phi) is 5.07. The van der Waals surface area contributed by atoms with Crippen LogP contribution in [-0.2, 0) is 16.6 Å². The Hall–Kier alpha value is -1.97. The SMILES string of the molecule is CCn1nccc1S(=O)(=O)N[C@@H](c1ccc(OC)nc1)C1CC(O)C1. The predicted molar refractivity (Wildman–Crippen MR) is 90.5 cm³/mol. The number of sulfonamides is 1. The first-order chi connectivity index (χ1) is 11.9. The van der Waals surface area contributed by atoms with Crippen molar-refractivity contribution in [2.75, 3.05) is 7.11 Å². The normalized spacial score (nSPS) is 21.6. The Balaban J connectivity index is 1.89. The van der Waals surface area contributed by atoms with Gasteiger partial charge in [-0.05, 0) is 37.3 Å². The summed E-state index contributed by atoms with van der Waals surface area (Å²) in [5, 5.41) is 13.8. The van der Waals surface area contributed by atoms with Crippen LogP contribution in [0.25, 0.3) is 0 Å². The molecular weight excluding hydrogens is 344 g/mol. The first-order valence-electron chi connectivity index (χ1n) is 8.16. The quantitative estimate of drug-likeness (QED) is 0.760. The van der Waals surface area contributed by atoms with Crippen LogP contribution in [0.4, 0.5) is 0 Å². The van der Waals surface area contributed by atoms with Crippen molar-refractivity contribution in [3.05, 3.63) is 36.2 Å². The van der Waals surface area contributed by atoms with Crippen molar-refractivity contribution in [1.29, 1.82) is 0 Å². The van der Waals surface area contributed by atoms with Gasteiger partial charge in [0, 0.05) is 18.8 Å². The molecule has 0 unspecified atom stereocenters. The van der Waals surface area contributed by atoms with Crippen molar-refractivity contribution in [3.63, 3.8) is 0 Å². The summed E-state index contributed by atoms with van der Waals surface area (Å²) in [4.78, 5) is 4.17. The fraction of sp³-hybridized carbons (Fsp3) is 0.500. The number of methoxy groups -OCH3 is 1. The van der Waals surface area contributed by atoms with Gasteiger partial charge in [0.1, 0.15) is 0 Å². The second-order valence-electron chi connectivity index (χ2n) is 6.10. The lowest BCUT2D eigenvalue weighted by atomic mass is 9.76. The van der Waals surface area contributed by atoms with Gasteiger partial charge >= 0.3 is 0 Å². The molecule has 1 atom stereocenters. The Morgan fingerprint density at radius 2 is 2.16 bits per heavy atom. The number of aryl methyl sites for hydroxylation is 1. The van der Waals surface area contributed by atoms with Crippen molar-refractivity contribution in [2.45, 2.75) is 43.5 Å². The van der Waals surface area contributed by atoms with Gasteiger partial charge in [0.05, 0.1) is 25.5 Å². The molecule has 8 nitrogen and oxygen atoms in total. The van der Waals surface area contributed by atoms with E-state index < -0.39 is 16.1 Å². The van der Waals surface area contributed by atoms with Gasteiger partial charge in [0.15, 0.2) is 5.03 Å². The number of aromatic nitrogens is 3. The molecule has 1 fully saturated rings. The zero-order valence-electron chi connectivity index (χ0n) is 14.2. The van der Waals surface area contributed by atoms with E-state index >= 15 is 0 Å². The number of hydrogen-bond donors (Lipinski definition) is 2. The van der Waals surface area contributed by atoms with Crippen LogP contribution < -0.4 is 9.46 Å². The molecule has 2 aromatic heterocycles. The number of pyridine rings is 1. The molecule has 2 heterocycles. The summed E-state index contributed by atoms with van der Waals surface area (Å²) in [6.45, 7) is 2.29. The highest BCUT2D eigenvalue weighted by Gasteiger charge is 2.38. The summed E-state index contributed by atoms with van der Waals surface area (Å²) in [6, 6.07) is 4.50. The predicted octanol–water partition coefficient (Wildman–Crippen LogP) is 1.10. The van der Waals surface area contributed by atoms with Gasteiger partial charge in [-0.15, -0.1) is 0 Å². The summed E-state index contributed by atoms with van der Waals surface area (Å²) < 4.78 is 34.9. The average molecular weight is 366 g/mol. The summed E-state index contributed by atoms with van der Waals surface area (Å²) in [6.07, 6.45) is 3.78. The van der Waals surface area contributed by atoms with Gasteiger partial charge in [-0.25, -0.2) is 18.1 Å². The lowest BCUT2D eigenvalue weighted by Gasteiger charge is -2.38. The van der Waals surface area contributed by atoms with Gasteiger partial charge in [0.2, 0.25) is 5.88 Å². The van der Waals surface area contributed by atoms with Crippen LogP contribution in [0.5, 0.6) is 5.88 Å². The van der Waals surface area contributed by atoms with Crippen LogP contribution in [-0.4, -0.2) is 41.5 Å². The fourth-order valence-electron chi connectivity index (χ4n) is 3.05. The summed E-state index contributed by atoms with van der Waals surface area (Å²) in [5.74, 6) is 0.473. The van der Waals surface area contributed by atoms with Crippen LogP contribution in [0.2, 0.25) is 0 Å². The molecule has 3 rings (SSSR count). The van der Waals surface area contributed by atoms with E-state index in [2.05, 4.69) is 14.8 Å². The third-order valence-electron chi connectivity index (χ3n) is 4.48. The molecule has 0 amide bonds. The molecule has 1 aliphatic rings. The van der Waals surface area contributed by atoms with Gasteiger partial charge in [-0.2, -0.15) is 5.10 Å². The highest BCUT2D eigenvalue weighted by atomic mass is 32.2. The molecule has 0 spiro atoms. The lowest BCUT2D eigenvalue weighted by molar-refractivity contribution is 0.0279. The molecule has 2 aromatic rings. The van der Waals surface area contributed by atoms with Crippen molar-refractivity contribution in [1.82, 2.24) is 19.5 Å². The monoisotopic (exact) mass is 366 g/mol. The van der Waals surface area contributed by atoms with E-state index in [9.17, 15) is 13.5 Å². The van der Waals surface area contributed by atoms with Crippen molar-refractivity contribution < 1.29 is 18.3 Å². The van der Waals surface area contributed by atoms with E-state index in [-0.39, 0.29) is 17.0 Å². The molecule has 0 aromatic carbocycles. The molecule has 0 radical (unpaired) electrons. The zero-order chi connectivity index (χ0) is 18.0. The average Bonchev–Trinajstić information content (AvgIpc) is 3.07. The number of aliphatic hydroxyl groups excluding tert-OH is 1. The smallest absolute Gasteiger partial charge is 0.258 e. The standard InChI is InChI=1S/C16H22N4O4S/c1-3-20-15(6-7-18-20)25(22,23)19-16(12-8-13(21)9-12)11-4-5-14(24-2)17-10-11/h4-7,10,12-13,16,19,21H,3,8-9H2,1-2H3/t12?,13?,16-/m0/s1. The highest BCUT2D eigenvalue weighted by Crippen LogP contribution is 2.39. The maximum absolute atomic E-state index is 12.8. The largest absolute Gasteiger partial charge is 0.481 e. The molecule has 25 heavy (non-hydrogen) atoms. The molecule has 1 aliphatic carbocycles. The Morgan fingerprint density at radius 1 is 1.40 bits per heavy atom. The Morgan fingerprint density at radius 3 is 2.72 bits per heavy atom. The summed E-state index contributed by atoms with van der Waals surface area (Å²) in [7, 11) is -2.23. The minimum absolute atomic E-state index is 0.0120. The van der Waals surface area contributed by atoms with E-state index in [1.165, 1.54) is 24.1 Å². The topological polar surface area (TPSA) is 106 Å². The van der Waals surface area contributed by atoms with Crippen molar-refractivity contribution in [3.8, 4) is 5.88 Å². The number of hydrogen-bond acceptors (Lipinski definition) is 6. The maximum Gasteiger partial charge on any atom is 0.258 e. The second kappa shape index (κ2) is 7.11.